The van der Waals surface area contributed by atoms with Crippen LogP contribution in [0.2, 0.25) is 0 Å². The Labute approximate surface area is 87.8 Å². The maximum atomic E-state index is 5.60. The first kappa shape index (κ1) is 10.4. The van der Waals surface area contributed by atoms with Crippen molar-refractivity contribution in [3.8, 4) is 0 Å². The molecular formula is C12H24N2. The minimum absolute atomic E-state index is 0.869. The van der Waals surface area contributed by atoms with Crippen LogP contribution in [-0.4, -0.2) is 30.1 Å². The highest BCUT2D eigenvalue weighted by Gasteiger charge is 2.33. The fourth-order valence-corrected chi connectivity index (χ4v) is 2.75. The van der Waals surface area contributed by atoms with Gasteiger partial charge in [0.2, 0.25) is 0 Å². The first-order chi connectivity index (χ1) is 6.92. The molecule has 1 saturated heterocycles. The van der Waals surface area contributed by atoms with Crippen LogP contribution in [0.3, 0.4) is 0 Å². The smallest absolute Gasteiger partial charge is 0.00993 e. The van der Waals surface area contributed by atoms with Crippen LogP contribution in [0.1, 0.15) is 51.4 Å². The fraction of sp³-hybridized carbons (Fsp3) is 1.00. The third-order valence-electron chi connectivity index (χ3n) is 3.68. The summed E-state index contributed by atoms with van der Waals surface area (Å²) in [5.74, 6) is 0. The van der Waals surface area contributed by atoms with Gasteiger partial charge in [0.25, 0.3) is 0 Å². The summed E-state index contributed by atoms with van der Waals surface area (Å²) in [4.78, 5) is 2.79. The van der Waals surface area contributed by atoms with Crippen molar-refractivity contribution >= 4 is 0 Å². The molecule has 2 N–H and O–H groups in total. The van der Waals surface area contributed by atoms with E-state index in [0.717, 1.165) is 18.6 Å². The normalized spacial score (nSPS) is 30.2. The predicted octanol–water partition coefficient (Wildman–Crippen LogP) is 2.13. The van der Waals surface area contributed by atoms with E-state index < -0.39 is 0 Å². The SMILES string of the molecule is NCCCC1CCCCCN1C1CC1. The molecule has 2 nitrogen and oxygen atoms in total. The van der Waals surface area contributed by atoms with Gasteiger partial charge in [-0.1, -0.05) is 12.8 Å². The largest absolute Gasteiger partial charge is 0.330 e. The molecule has 0 aromatic heterocycles. The highest BCUT2D eigenvalue weighted by atomic mass is 15.2. The van der Waals surface area contributed by atoms with Gasteiger partial charge in [0.1, 0.15) is 0 Å². The second kappa shape index (κ2) is 5.13. The highest BCUT2D eigenvalue weighted by Crippen LogP contribution is 2.33. The number of hydrogen-bond acceptors (Lipinski definition) is 2. The standard InChI is InChI=1S/C12H24N2/c13-9-4-6-11-5-2-1-3-10-14(11)12-7-8-12/h11-12H,1-10,13H2. The lowest BCUT2D eigenvalue weighted by Gasteiger charge is -2.29. The zero-order chi connectivity index (χ0) is 9.80. The number of nitrogens with zero attached hydrogens (tertiary/aromatic N) is 1. The lowest BCUT2D eigenvalue weighted by Crippen LogP contribution is -2.37. The Hall–Kier alpha value is -0.0800. The molecule has 14 heavy (non-hydrogen) atoms. The maximum absolute atomic E-state index is 5.60. The monoisotopic (exact) mass is 196 g/mol. The van der Waals surface area contributed by atoms with Gasteiger partial charge in [-0.25, -0.2) is 0 Å². The first-order valence-electron chi connectivity index (χ1n) is 6.37. The number of hydrogen-bond donors (Lipinski definition) is 1. The summed E-state index contributed by atoms with van der Waals surface area (Å²) < 4.78 is 0. The molecule has 0 radical (unpaired) electrons. The van der Waals surface area contributed by atoms with E-state index >= 15 is 0 Å². The Bertz CT molecular complexity index is 166. The van der Waals surface area contributed by atoms with Crippen molar-refractivity contribution in [2.75, 3.05) is 13.1 Å². The van der Waals surface area contributed by atoms with Gasteiger partial charge in [0.05, 0.1) is 0 Å². The molecule has 0 spiro atoms. The molecule has 1 heterocycles. The average molecular weight is 196 g/mol. The minimum atomic E-state index is 0.869. The first-order valence-corrected chi connectivity index (χ1v) is 6.37. The van der Waals surface area contributed by atoms with Crippen molar-refractivity contribution in [2.45, 2.75) is 63.5 Å². The van der Waals surface area contributed by atoms with Crippen molar-refractivity contribution in [2.24, 2.45) is 5.73 Å². The van der Waals surface area contributed by atoms with E-state index in [0.29, 0.717) is 0 Å². The summed E-state index contributed by atoms with van der Waals surface area (Å²) in [7, 11) is 0. The zero-order valence-electron chi connectivity index (χ0n) is 9.25. The van der Waals surface area contributed by atoms with Gasteiger partial charge in [-0.3, -0.25) is 4.90 Å². The van der Waals surface area contributed by atoms with Gasteiger partial charge < -0.3 is 5.73 Å². The van der Waals surface area contributed by atoms with Crippen LogP contribution in [0, 0.1) is 0 Å². The zero-order valence-corrected chi connectivity index (χ0v) is 9.25. The molecule has 2 fully saturated rings. The molecule has 1 aliphatic carbocycles. The average Bonchev–Trinajstić information content (AvgIpc) is 3.01. The van der Waals surface area contributed by atoms with Crippen molar-refractivity contribution < 1.29 is 0 Å². The maximum Gasteiger partial charge on any atom is 0.00993 e. The Morgan fingerprint density at radius 3 is 2.64 bits per heavy atom. The molecule has 2 heteroatoms. The van der Waals surface area contributed by atoms with Gasteiger partial charge in [0.15, 0.2) is 0 Å². The van der Waals surface area contributed by atoms with Gasteiger partial charge in [-0.2, -0.15) is 0 Å². The summed E-state index contributed by atoms with van der Waals surface area (Å²) >= 11 is 0. The molecule has 1 unspecified atom stereocenters. The van der Waals surface area contributed by atoms with Crippen LogP contribution in [0.4, 0.5) is 0 Å². The van der Waals surface area contributed by atoms with E-state index in [1.165, 1.54) is 57.9 Å². The van der Waals surface area contributed by atoms with E-state index in [4.69, 9.17) is 5.73 Å². The summed E-state index contributed by atoms with van der Waals surface area (Å²) in [5.41, 5.74) is 5.60. The highest BCUT2D eigenvalue weighted by molar-refractivity contribution is 4.89. The molecule has 82 valence electrons. The molecule has 0 bridgehead atoms. The van der Waals surface area contributed by atoms with Crippen LogP contribution in [-0.2, 0) is 0 Å². The topological polar surface area (TPSA) is 29.3 Å². The molecular weight excluding hydrogens is 172 g/mol. The summed E-state index contributed by atoms with van der Waals surface area (Å²) in [6.45, 7) is 2.23. The lowest BCUT2D eigenvalue weighted by molar-refractivity contribution is 0.178. The number of rotatable bonds is 4. The van der Waals surface area contributed by atoms with E-state index in [-0.39, 0.29) is 0 Å². The van der Waals surface area contributed by atoms with Crippen molar-refractivity contribution in [1.29, 1.82) is 0 Å². The van der Waals surface area contributed by atoms with E-state index in [9.17, 15) is 0 Å². The number of nitrogens with two attached hydrogens (primary N) is 1. The van der Waals surface area contributed by atoms with E-state index in [1.807, 2.05) is 0 Å². The quantitative estimate of drug-likeness (QED) is 0.746. The van der Waals surface area contributed by atoms with Gasteiger partial charge in [0, 0.05) is 12.1 Å². The van der Waals surface area contributed by atoms with Gasteiger partial charge in [-0.15, -0.1) is 0 Å². The number of likely N-dealkylation sites (tertiary alicyclic amines) is 1. The van der Waals surface area contributed by atoms with E-state index in [1.54, 1.807) is 0 Å². The molecule has 0 aromatic carbocycles. The predicted molar refractivity (Wildman–Crippen MR) is 60.3 cm³/mol. The van der Waals surface area contributed by atoms with Crippen molar-refractivity contribution in [1.82, 2.24) is 4.90 Å². The van der Waals surface area contributed by atoms with Crippen LogP contribution in [0.5, 0.6) is 0 Å². The molecule has 2 aliphatic rings. The molecule has 1 atom stereocenters. The van der Waals surface area contributed by atoms with Crippen LogP contribution < -0.4 is 5.73 Å². The second-order valence-corrected chi connectivity index (χ2v) is 4.90. The van der Waals surface area contributed by atoms with Gasteiger partial charge in [-0.05, 0) is 51.6 Å². The molecule has 0 amide bonds. The fourth-order valence-electron chi connectivity index (χ4n) is 2.75. The molecule has 1 saturated carbocycles. The Balaban J connectivity index is 1.86. The lowest BCUT2D eigenvalue weighted by atomic mass is 10.0. The Morgan fingerprint density at radius 2 is 1.93 bits per heavy atom. The van der Waals surface area contributed by atoms with E-state index in [2.05, 4.69) is 4.90 Å². The molecule has 1 aliphatic heterocycles. The second-order valence-electron chi connectivity index (χ2n) is 4.90. The van der Waals surface area contributed by atoms with Crippen molar-refractivity contribution in [3.05, 3.63) is 0 Å². The molecule has 0 aromatic rings. The van der Waals surface area contributed by atoms with Crippen LogP contribution >= 0.6 is 0 Å². The third kappa shape index (κ3) is 2.71. The summed E-state index contributed by atoms with van der Waals surface area (Å²) in [5, 5.41) is 0. The van der Waals surface area contributed by atoms with Crippen LogP contribution in [0.25, 0.3) is 0 Å². The third-order valence-corrected chi connectivity index (χ3v) is 3.68. The summed E-state index contributed by atoms with van der Waals surface area (Å²) in [6, 6.07) is 1.82. The Kier molecular flexibility index (Phi) is 3.82. The summed E-state index contributed by atoms with van der Waals surface area (Å²) in [6.07, 6.45) is 11.2. The molecule has 2 rings (SSSR count). The van der Waals surface area contributed by atoms with Crippen LogP contribution in [0.15, 0.2) is 0 Å². The van der Waals surface area contributed by atoms with Gasteiger partial charge >= 0.3 is 0 Å². The van der Waals surface area contributed by atoms with Crippen molar-refractivity contribution in [3.63, 3.8) is 0 Å². The Morgan fingerprint density at radius 1 is 1.07 bits per heavy atom. The minimum Gasteiger partial charge on any atom is -0.330 e.